The van der Waals surface area contributed by atoms with E-state index < -0.39 is 17.2 Å². The molecular weight excluding hydrogens is 409 g/mol. The number of hydrogen-bond donors (Lipinski definition) is 0. The summed E-state index contributed by atoms with van der Waals surface area (Å²) in [4.78, 5) is 29.2. The number of piperidine rings is 1. The second-order valence-corrected chi connectivity index (χ2v) is 9.38. The molecule has 8 heteroatoms. The van der Waals surface area contributed by atoms with E-state index >= 15 is 0 Å². The number of nitrogens with zero attached hydrogens (tertiary/aromatic N) is 2. The zero-order valence-electron chi connectivity index (χ0n) is 18.0. The van der Waals surface area contributed by atoms with Crippen LogP contribution in [0.2, 0.25) is 0 Å². The third kappa shape index (κ3) is 4.19. The van der Waals surface area contributed by atoms with Crippen LogP contribution in [0.25, 0.3) is 0 Å². The van der Waals surface area contributed by atoms with Crippen molar-refractivity contribution in [2.45, 2.75) is 64.7 Å². The molecule has 1 unspecified atom stereocenters. The minimum Gasteiger partial charge on any atom is -0.473 e. The van der Waals surface area contributed by atoms with Crippen molar-refractivity contribution in [3.63, 3.8) is 0 Å². The average molecular weight is 438 g/mol. The first-order chi connectivity index (χ1) is 14.6. The maximum atomic E-state index is 13.7. The molecule has 5 nitrogen and oxygen atoms in total. The molecule has 2 atom stereocenters. The molecule has 2 fully saturated rings. The zero-order chi connectivity index (χ0) is 22.4. The summed E-state index contributed by atoms with van der Waals surface area (Å²) in [6.07, 6.45) is -0.959. The van der Waals surface area contributed by atoms with Gasteiger partial charge in [-0.25, -0.2) is 0 Å². The number of carbonyl (C=O) groups excluding carboxylic acids is 2. The molecule has 0 N–H and O–H groups in total. The highest BCUT2D eigenvalue weighted by molar-refractivity contribution is 5.84. The fourth-order valence-corrected chi connectivity index (χ4v) is 5.33. The van der Waals surface area contributed by atoms with Gasteiger partial charge in [-0.3, -0.25) is 14.5 Å². The van der Waals surface area contributed by atoms with Gasteiger partial charge in [0.25, 0.3) is 0 Å². The number of Topliss-reactive ketones (excluding diaryl/α,β-unsaturated/α-hetero) is 1. The normalized spacial score (nSPS) is 27.4. The van der Waals surface area contributed by atoms with E-state index in [2.05, 4.69) is 4.90 Å². The molecule has 1 saturated carbocycles. The number of ketones is 1. The summed E-state index contributed by atoms with van der Waals surface area (Å²) in [5, 5.41) is 0. The Labute approximate surface area is 180 Å². The van der Waals surface area contributed by atoms with Crippen LogP contribution in [0.4, 0.5) is 13.2 Å². The van der Waals surface area contributed by atoms with Crippen LogP contribution in [0.1, 0.15) is 57.1 Å². The van der Waals surface area contributed by atoms with Crippen LogP contribution in [0, 0.1) is 11.3 Å². The van der Waals surface area contributed by atoms with Crippen LogP contribution >= 0.6 is 0 Å². The second kappa shape index (κ2) is 8.11. The Morgan fingerprint density at radius 3 is 2.58 bits per heavy atom. The summed E-state index contributed by atoms with van der Waals surface area (Å²) in [6.45, 7) is 5.74. The van der Waals surface area contributed by atoms with E-state index in [9.17, 15) is 22.8 Å². The van der Waals surface area contributed by atoms with Crippen LogP contribution in [0.3, 0.4) is 0 Å². The predicted molar refractivity (Wildman–Crippen MR) is 108 cm³/mol. The van der Waals surface area contributed by atoms with Crippen molar-refractivity contribution < 1.29 is 27.5 Å². The Kier molecular flexibility index (Phi) is 5.79. The highest BCUT2D eigenvalue weighted by Crippen LogP contribution is 2.48. The monoisotopic (exact) mass is 438 g/mol. The molecule has 0 spiro atoms. The standard InChI is InChI=1S/C23H29F3N2O3/c1-15(2)22(8-5-18(12-22)27-9-6-19(29)7-10-27)21(30)28-13-16-11-17(23(24,25)26)3-4-20(16)31-14-28/h3-4,11,15,18H,5-10,12-14H2,1-2H3/t18-,22?/m1/s1. The van der Waals surface area contributed by atoms with Crippen molar-refractivity contribution in [3.05, 3.63) is 29.3 Å². The maximum Gasteiger partial charge on any atom is 0.416 e. The zero-order valence-corrected chi connectivity index (χ0v) is 18.0. The van der Waals surface area contributed by atoms with E-state index in [1.807, 2.05) is 13.8 Å². The fraction of sp³-hybridized carbons (Fsp3) is 0.652. The molecule has 1 saturated heterocycles. The van der Waals surface area contributed by atoms with Gasteiger partial charge in [-0.15, -0.1) is 0 Å². The van der Waals surface area contributed by atoms with E-state index in [4.69, 9.17) is 4.74 Å². The lowest BCUT2D eigenvalue weighted by atomic mass is 9.74. The van der Waals surface area contributed by atoms with Gasteiger partial charge in [0.1, 0.15) is 11.5 Å². The van der Waals surface area contributed by atoms with Crippen molar-refractivity contribution in [3.8, 4) is 5.75 Å². The van der Waals surface area contributed by atoms with Gasteiger partial charge in [-0.05, 0) is 43.4 Å². The van der Waals surface area contributed by atoms with Crippen molar-refractivity contribution in [2.75, 3.05) is 19.8 Å². The predicted octanol–water partition coefficient (Wildman–Crippen LogP) is 4.24. The molecule has 3 aliphatic rings. The molecule has 2 heterocycles. The minimum atomic E-state index is -4.44. The van der Waals surface area contributed by atoms with Crippen LogP contribution in [-0.4, -0.2) is 47.4 Å². The molecule has 4 rings (SSSR count). The highest BCUT2D eigenvalue weighted by Gasteiger charge is 2.51. The third-order valence-corrected chi connectivity index (χ3v) is 7.34. The topological polar surface area (TPSA) is 49.9 Å². The van der Waals surface area contributed by atoms with Gasteiger partial charge in [-0.2, -0.15) is 13.2 Å². The quantitative estimate of drug-likeness (QED) is 0.708. The molecule has 0 radical (unpaired) electrons. The fourth-order valence-electron chi connectivity index (χ4n) is 5.33. The van der Waals surface area contributed by atoms with E-state index in [1.54, 1.807) is 4.90 Å². The molecular formula is C23H29F3N2O3. The SMILES string of the molecule is CC(C)C1(C(=O)N2COc3ccc(C(F)(F)F)cc3C2)CC[C@@H](N2CCC(=O)CC2)C1. The number of carbonyl (C=O) groups is 2. The summed E-state index contributed by atoms with van der Waals surface area (Å²) in [5.74, 6) is 0.751. The lowest BCUT2D eigenvalue weighted by Gasteiger charge is -2.40. The summed E-state index contributed by atoms with van der Waals surface area (Å²) in [6, 6.07) is 3.69. The van der Waals surface area contributed by atoms with Crippen LogP contribution in [0.5, 0.6) is 5.75 Å². The van der Waals surface area contributed by atoms with Gasteiger partial charge >= 0.3 is 6.18 Å². The van der Waals surface area contributed by atoms with E-state index in [-0.39, 0.29) is 31.1 Å². The van der Waals surface area contributed by atoms with E-state index in [0.717, 1.165) is 38.1 Å². The number of hydrogen-bond acceptors (Lipinski definition) is 4. The van der Waals surface area contributed by atoms with Crippen LogP contribution < -0.4 is 4.74 Å². The number of amides is 1. The smallest absolute Gasteiger partial charge is 0.416 e. The molecule has 0 aromatic heterocycles. The molecule has 1 aromatic rings. The lowest BCUT2D eigenvalue weighted by Crippen LogP contribution is -2.49. The molecule has 170 valence electrons. The summed E-state index contributed by atoms with van der Waals surface area (Å²) >= 11 is 0. The highest BCUT2D eigenvalue weighted by atomic mass is 19.4. The van der Waals surface area contributed by atoms with E-state index in [0.29, 0.717) is 36.4 Å². The number of halogens is 3. The second-order valence-electron chi connectivity index (χ2n) is 9.38. The van der Waals surface area contributed by atoms with Crippen LogP contribution in [-0.2, 0) is 22.3 Å². The number of fused-ring (bicyclic) bond motifs is 1. The lowest BCUT2D eigenvalue weighted by molar-refractivity contribution is -0.150. The Morgan fingerprint density at radius 2 is 1.94 bits per heavy atom. The Hall–Kier alpha value is -2.09. The first-order valence-electron chi connectivity index (χ1n) is 11.0. The van der Waals surface area contributed by atoms with Gasteiger partial charge in [-0.1, -0.05) is 13.8 Å². The van der Waals surface area contributed by atoms with Gasteiger partial charge < -0.3 is 9.64 Å². The van der Waals surface area contributed by atoms with Crippen molar-refractivity contribution in [1.82, 2.24) is 9.80 Å². The van der Waals surface area contributed by atoms with Gasteiger partial charge in [0, 0.05) is 37.5 Å². The Balaban J connectivity index is 1.51. The maximum absolute atomic E-state index is 13.7. The van der Waals surface area contributed by atoms with Crippen LogP contribution in [0.15, 0.2) is 18.2 Å². The third-order valence-electron chi connectivity index (χ3n) is 7.34. The minimum absolute atomic E-state index is 0.0406. The number of ether oxygens (including phenoxy) is 1. The summed E-state index contributed by atoms with van der Waals surface area (Å²) < 4.78 is 45.0. The first-order valence-corrected chi connectivity index (χ1v) is 11.0. The van der Waals surface area contributed by atoms with Crippen molar-refractivity contribution in [1.29, 1.82) is 0 Å². The average Bonchev–Trinajstić information content (AvgIpc) is 3.19. The largest absolute Gasteiger partial charge is 0.473 e. The summed E-state index contributed by atoms with van der Waals surface area (Å²) in [7, 11) is 0. The molecule has 0 bridgehead atoms. The molecule has 31 heavy (non-hydrogen) atoms. The number of rotatable bonds is 3. The number of likely N-dealkylation sites (tertiary alicyclic amines) is 1. The molecule has 1 amide bonds. The Bertz CT molecular complexity index is 860. The van der Waals surface area contributed by atoms with Crippen molar-refractivity contribution >= 4 is 11.7 Å². The van der Waals surface area contributed by atoms with Crippen molar-refractivity contribution in [2.24, 2.45) is 11.3 Å². The molecule has 1 aliphatic carbocycles. The van der Waals surface area contributed by atoms with Gasteiger partial charge in [0.2, 0.25) is 5.91 Å². The first kappa shape index (κ1) is 22.1. The number of benzene rings is 1. The molecule has 2 aliphatic heterocycles. The Morgan fingerprint density at radius 1 is 1.23 bits per heavy atom. The number of alkyl halides is 3. The summed E-state index contributed by atoms with van der Waals surface area (Å²) in [5.41, 5.74) is -0.907. The van der Waals surface area contributed by atoms with Gasteiger partial charge in [0.05, 0.1) is 17.5 Å². The van der Waals surface area contributed by atoms with Gasteiger partial charge in [0.15, 0.2) is 6.73 Å². The van der Waals surface area contributed by atoms with E-state index in [1.165, 1.54) is 6.07 Å². The molecule has 1 aromatic carbocycles.